The molecule has 3 aromatic rings. The Kier molecular flexibility index (Phi) is 6.32. The second-order valence-electron chi connectivity index (χ2n) is 9.69. The number of benzene rings is 2. The van der Waals surface area contributed by atoms with Crippen molar-refractivity contribution >= 4 is 26.8 Å². The molecule has 7 nitrogen and oxygen atoms in total. The molecule has 3 N–H and O–H groups in total. The smallest absolute Gasteiger partial charge is 0.341 e. The summed E-state index contributed by atoms with van der Waals surface area (Å²) in [6.45, 7) is 0.383. The number of halogens is 3. The minimum Gasteiger partial charge on any atom is -0.341 e. The normalized spacial score (nSPS) is 25.6. The van der Waals surface area contributed by atoms with Crippen LogP contribution in [0, 0.1) is 5.92 Å². The van der Waals surface area contributed by atoms with Gasteiger partial charge in [-0.15, -0.1) is 0 Å². The zero-order valence-corrected chi connectivity index (χ0v) is 20.2. The van der Waals surface area contributed by atoms with Crippen molar-refractivity contribution in [3.63, 3.8) is 0 Å². The van der Waals surface area contributed by atoms with Gasteiger partial charge in [0.2, 0.25) is 5.91 Å². The zero-order valence-electron chi connectivity index (χ0n) is 19.4. The second-order valence-corrected chi connectivity index (χ2v) is 11.7. The fourth-order valence-corrected chi connectivity index (χ4v) is 7.30. The molecule has 1 aliphatic carbocycles. The van der Waals surface area contributed by atoms with E-state index in [-0.39, 0.29) is 51.4 Å². The summed E-state index contributed by atoms with van der Waals surface area (Å²) < 4.78 is 66.5. The molecular formula is C25H27F3N4O3S. The summed E-state index contributed by atoms with van der Waals surface area (Å²) in [4.78, 5) is 22.5. The van der Waals surface area contributed by atoms with E-state index >= 15 is 0 Å². The van der Waals surface area contributed by atoms with Crippen LogP contribution in [0.2, 0.25) is 0 Å². The molecule has 0 spiro atoms. The third-order valence-electron chi connectivity index (χ3n) is 7.33. The topological polar surface area (TPSA) is 109 Å². The van der Waals surface area contributed by atoms with E-state index in [1.54, 1.807) is 35.2 Å². The van der Waals surface area contributed by atoms with Gasteiger partial charge in [-0.1, -0.05) is 24.3 Å². The highest BCUT2D eigenvalue weighted by Gasteiger charge is 2.44. The van der Waals surface area contributed by atoms with E-state index < -0.39 is 27.5 Å². The minimum atomic E-state index is -4.56. The van der Waals surface area contributed by atoms with Gasteiger partial charge in [0, 0.05) is 18.6 Å². The van der Waals surface area contributed by atoms with Crippen molar-refractivity contribution in [1.29, 1.82) is 0 Å². The Bertz CT molecular complexity index is 1370. The Morgan fingerprint density at radius 3 is 2.53 bits per heavy atom. The van der Waals surface area contributed by atoms with E-state index in [1.165, 1.54) is 12.1 Å². The lowest BCUT2D eigenvalue weighted by molar-refractivity contribution is -0.136. The number of nitrogens with zero attached hydrogens (tertiary/aromatic N) is 2. The summed E-state index contributed by atoms with van der Waals surface area (Å²) >= 11 is 0. The average molecular weight is 521 g/mol. The van der Waals surface area contributed by atoms with Gasteiger partial charge in [-0.25, -0.2) is 13.4 Å². The first kappa shape index (κ1) is 24.8. The van der Waals surface area contributed by atoms with Crippen molar-refractivity contribution in [3.8, 4) is 0 Å². The molecule has 0 bridgehead atoms. The molecule has 11 heteroatoms. The van der Waals surface area contributed by atoms with Gasteiger partial charge in [-0.2, -0.15) is 13.2 Å². The van der Waals surface area contributed by atoms with Crippen molar-refractivity contribution in [2.24, 2.45) is 11.7 Å². The minimum absolute atomic E-state index is 0.122. The summed E-state index contributed by atoms with van der Waals surface area (Å²) in [7, 11) is -3.58. The fraction of sp³-hybridized carbons (Fsp3) is 0.440. The number of sulfone groups is 1. The quantitative estimate of drug-likeness (QED) is 0.531. The highest BCUT2D eigenvalue weighted by atomic mass is 32.2. The van der Waals surface area contributed by atoms with Crippen LogP contribution >= 0.6 is 0 Å². The number of aromatic nitrogens is 2. The molecule has 4 atom stereocenters. The molecule has 1 amide bonds. The third-order valence-corrected chi connectivity index (χ3v) is 9.18. The van der Waals surface area contributed by atoms with E-state index in [0.717, 1.165) is 6.07 Å². The van der Waals surface area contributed by atoms with Gasteiger partial charge in [0.1, 0.15) is 11.3 Å². The number of aromatic amines is 1. The molecule has 0 radical (unpaired) electrons. The van der Waals surface area contributed by atoms with Crippen LogP contribution in [-0.2, 0) is 20.8 Å². The van der Waals surface area contributed by atoms with E-state index in [1.807, 2.05) is 0 Å². The Morgan fingerprint density at radius 1 is 1.06 bits per heavy atom. The predicted molar refractivity (Wildman–Crippen MR) is 128 cm³/mol. The van der Waals surface area contributed by atoms with E-state index in [2.05, 4.69) is 9.97 Å². The number of para-hydroxylation sites is 1. The number of amides is 1. The third kappa shape index (κ3) is 4.61. The van der Waals surface area contributed by atoms with Crippen molar-refractivity contribution in [3.05, 3.63) is 59.9 Å². The zero-order chi connectivity index (χ0) is 25.7. The van der Waals surface area contributed by atoms with Gasteiger partial charge in [0.05, 0.1) is 27.6 Å². The fourth-order valence-electron chi connectivity index (χ4n) is 5.61. The molecule has 192 valence electrons. The van der Waals surface area contributed by atoms with Gasteiger partial charge in [0.15, 0.2) is 9.84 Å². The number of rotatable bonds is 5. The largest absolute Gasteiger partial charge is 0.418 e. The maximum Gasteiger partial charge on any atom is 0.418 e. The number of H-pyrrole nitrogens is 1. The first-order chi connectivity index (χ1) is 17.0. The molecule has 2 heterocycles. The van der Waals surface area contributed by atoms with E-state index in [9.17, 15) is 26.4 Å². The highest BCUT2D eigenvalue weighted by Crippen LogP contribution is 2.39. The summed E-state index contributed by atoms with van der Waals surface area (Å²) in [6.07, 6.45) is -2.45. The number of hydrogen-bond donors (Lipinski definition) is 2. The molecule has 36 heavy (non-hydrogen) atoms. The summed E-state index contributed by atoms with van der Waals surface area (Å²) in [5.74, 6) is -1.21. The standard InChI is InChI=1S/C25H27F3N4O3S/c26-25(27,28)19-7-4-8-20-22(19)31-23(30-20)18-11-12-32(24(18)33)21-10-9-16(29)13-15(21)14-36(34,35)17-5-2-1-3-6-17/h1-8,15-16,18,21H,9-14,29H2,(H,30,31). The number of likely N-dealkylation sites (tertiary alicyclic amines) is 1. The molecule has 2 fully saturated rings. The van der Waals surface area contributed by atoms with Crippen LogP contribution in [0.3, 0.4) is 0 Å². The van der Waals surface area contributed by atoms with E-state index in [4.69, 9.17) is 5.73 Å². The van der Waals surface area contributed by atoms with E-state index in [0.29, 0.717) is 32.2 Å². The molecule has 2 aliphatic rings. The SMILES string of the molecule is NC1CCC(N2CCC(c3nc4c(C(F)(F)F)cccc4[nH]3)C2=O)C(CS(=O)(=O)c2ccccc2)C1. The number of nitrogens with one attached hydrogen (secondary N) is 1. The maximum atomic E-state index is 13.5. The number of carbonyl (C=O) groups is 1. The summed E-state index contributed by atoms with van der Waals surface area (Å²) in [5, 5.41) is 0. The Balaban J connectivity index is 1.40. The van der Waals surface area contributed by atoms with Gasteiger partial charge >= 0.3 is 6.18 Å². The Labute approximate surface area is 206 Å². The molecule has 1 aromatic heterocycles. The lowest BCUT2D eigenvalue weighted by Gasteiger charge is -2.40. The first-order valence-corrected chi connectivity index (χ1v) is 13.6. The van der Waals surface area contributed by atoms with Crippen molar-refractivity contribution in [2.45, 2.75) is 54.8 Å². The van der Waals surface area contributed by atoms with Crippen LogP contribution in [0.25, 0.3) is 11.0 Å². The number of imidazole rings is 1. The molecule has 1 saturated carbocycles. The maximum absolute atomic E-state index is 13.5. The average Bonchev–Trinajstić information content (AvgIpc) is 3.42. The molecule has 1 saturated heterocycles. The number of nitrogens with two attached hydrogens (primary N) is 1. The van der Waals surface area contributed by atoms with Crippen LogP contribution < -0.4 is 5.73 Å². The van der Waals surface area contributed by atoms with Crippen molar-refractivity contribution in [1.82, 2.24) is 14.9 Å². The van der Waals surface area contributed by atoms with Crippen molar-refractivity contribution < 1.29 is 26.4 Å². The van der Waals surface area contributed by atoms with Gasteiger partial charge in [0.25, 0.3) is 0 Å². The van der Waals surface area contributed by atoms with Gasteiger partial charge < -0.3 is 15.6 Å². The molecule has 5 rings (SSSR count). The Hall–Kier alpha value is -2.92. The monoisotopic (exact) mass is 520 g/mol. The summed E-state index contributed by atoms with van der Waals surface area (Å²) in [6, 6.07) is 11.5. The lowest BCUT2D eigenvalue weighted by atomic mass is 9.82. The number of fused-ring (bicyclic) bond motifs is 1. The highest BCUT2D eigenvalue weighted by molar-refractivity contribution is 7.91. The van der Waals surface area contributed by atoms with Crippen LogP contribution in [0.4, 0.5) is 13.2 Å². The predicted octanol–water partition coefficient (Wildman–Crippen LogP) is 3.87. The second kappa shape index (κ2) is 9.19. The molecule has 4 unspecified atom stereocenters. The first-order valence-electron chi connectivity index (χ1n) is 11.9. The van der Waals surface area contributed by atoms with Crippen molar-refractivity contribution in [2.75, 3.05) is 12.3 Å². The van der Waals surface area contributed by atoms with Gasteiger partial charge in [-0.05, 0) is 55.9 Å². The Morgan fingerprint density at radius 2 is 1.81 bits per heavy atom. The lowest BCUT2D eigenvalue weighted by Crippen LogP contribution is -2.49. The number of carbonyl (C=O) groups excluding carboxylic acids is 1. The van der Waals surface area contributed by atoms with Crippen LogP contribution in [0.1, 0.15) is 43.0 Å². The van der Waals surface area contributed by atoms with Crippen LogP contribution in [-0.4, -0.2) is 53.6 Å². The summed E-state index contributed by atoms with van der Waals surface area (Å²) in [5.41, 5.74) is 5.35. The van der Waals surface area contributed by atoms with Crippen LogP contribution in [0.5, 0.6) is 0 Å². The number of alkyl halides is 3. The molecule has 1 aliphatic heterocycles. The van der Waals surface area contributed by atoms with Gasteiger partial charge in [-0.3, -0.25) is 4.79 Å². The molecular weight excluding hydrogens is 493 g/mol. The van der Waals surface area contributed by atoms with Crippen LogP contribution in [0.15, 0.2) is 53.4 Å². The molecule has 2 aromatic carbocycles. The number of hydrogen-bond acceptors (Lipinski definition) is 5.